The number of benzene rings is 1. The topological polar surface area (TPSA) is 62.7 Å². The first-order valence-electron chi connectivity index (χ1n) is 6.39. The number of hydrogen-bond donors (Lipinski definition) is 2. The van der Waals surface area contributed by atoms with E-state index in [-0.39, 0.29) is 5.54 Å². The Morgan fingerprint density at radius 1 is 1.20 bits per heavy atom. The van der Waals surface area contributed by atoms with Crippen LogP contribution < -0.4 is 10.6 Å². The second-order valence-electron chi connectivity index (χ2n) is 5.49. The number of aromatic nitrogens is 3. The summed E-state index contributed by atoms with van der Waals surface area (Å²) >= 11 is 6.11. The molecule has 0 spiro atoms. The molecule has 106 valence electrons. The summed E-state index contributed by atoms with van der Waals surface area (Å²) in [6.45, 7) is 6.72. The van der Waals surface area contributed by atoms with E-state index in [1.54, 1.807) is 6.20 Å². The van der Waals surface area contributed by atoms with E-state index in [4.69, 9.17) is 11.6 Å². The molecule has 0 aliphatic rings. The highest BCUT2D eigenvalue weighted by atomic mass is 35.5. The summed E-state index contributed by atoms with van der Waals surface area (Å²) in [4.78, 5) is 4.36. The normalized spacial score (nSPS) is 11.2. The molecule has 5 nitrogen and oxygen atoms in total. The van der Waals surface area contributed by atoms with E-state index in [0.29, 0.717) is 18.3 Å². The molecule has 0 unspecified atom stereocenters. The van der Waals surface area contributed by atoms with Crippen molar-refractivity contribution >= 4 is 23.4 Å². The number of halogens is 1. The molecular weight excluding hydrogens is 274 g/mol. The van der Waals surface area contributed by atoms with Crippen LogP contribution in [0.5, 0.6) is 0 Å². The highest BCUT2D eigenvalue weighted by Gasteiger charge is 2.11. The molecule has 2 N–H and O–H groups in total. The van der Waals surface area contributed by atoms with Gasteiger partial charge in [0.25, 0.3) is 0 Å². The maximum atomic E-state index is 6.11. The number of nitrogens with one attached hydrogen (secondary N) is 2. The van der Waals surface area contributed by atoms with E-state index in [1.807, 2.05) is 45.0 Å². The monoisotopic (exact) mass is 291 g/mol. The van der Waals surface area contributed by atoms with Crippen LogP contribution >= 0.6 is 11.6 Å². The van der Waals surface area contributed by atoms with Crippen molar-refractivity contribution in [3.63, 3.8) is 0 Å². The van der Waals surface area contributed by atoms with Gasteiger partial charge in [0.15, 0.2) is 5.82 Å². The van der Waals surface area contributed by atoms with Crippen molar-refractivity contribution in [2.45, 2.75) is 32.9 Å². The molecule has 0 saturated carbocycles. The fourth-order valence-corrected chi connectivity index (χ4v) is 1.81. The Morgan fingerprint density at radius 3 is 2.65 bits per heavy atom. The lowest BCUT2D eigenvalue weighted by Crippen LogP contribution is -2.27. The molecule has 0 amide bonds. The molecule has 0 aliphatic carbocycles. The van der Waals surface area contributed by atoms with Crippen molar-refractivity contribution in [2.75, 3.05) is 10.6 Å². The van der Waals surface area contributed by atoms with Gasteiger partial charge >= 0.3 is 0 Å². The average molecular weight is 292 g/mol. The Labute approximate surface area is 123 Å². The van der Waals surface area contributed by atoms with Gasteiger partial charge in [-0.25, -0.2) is 0 Å². The van der Waals surface area contributed by atoms with Crippen molar-refractivity contribution in [1.82, 2.24) is 15.2 Å². The standard InChI is InChI=1S/C14H18ClN5/c1-14(2,3)19-13-18-12(9-17-20-13)16-8-10-6-4-5-7-11(10)15/h4-7,9H,8H2,1-3H3,(H2,16,18,19,20). The van der Waals surface area contributed by atoms with E-state index < -0.39 is 0 Å². The first-order chi connectivity index (χ1) is 9.44. The maximum absolute atomic E-state index is 6.11. The van der Waals surface area contributed by atoms with Crippen molar-refractivity contribution in [1.29, 1.82) is 0 Å². The number of hydrogen-bond acceptors (Lipinski definition) is 5. The van der Waals surface area contributed by atoms with Crippen molar-refractivity contribution < 1.29 is 0 Å². The zero-order chi connectivity index (χ0) is 14.6. The smallest absolute Gasteiger partial charge is 0.245 e. The quantitative estimate of drug-likeness (QED) is 0.904. The van der Waals surface area contributed by atoms with Crippen LogP contribution in [0.2, 0.25) is 5.02 Å². The molecule has 0 fully saturated rings. The third-order valence-electron chi connectivity index (χ3n) is 2.46. The van der Waals surface area contributed by atoms with Crippen LogP contribution in [0.4, 0.5) is 11.8 Å². The lowest BCUT2D eigenvalue weighted by Gasteiger charge is -2.20. The molecule has 0 aliphatic heterocycles. The van der Waals surface area contributed by atoms with Crippen molar-refractivity contribution in [3.05, 3.63) is 41.0 Å². The number of rotatable bonds is 4. The van der Waals surface area contributed by atoms with Crippen LogP contribution in [0.3, 0.4) is 0 Å². The summed E-state index contributed by atoms with van der Waals surface area (Å²) in [5, 5.41) is 15.0. The number of anilines is 2. The second-order valence-corrected chi connectivity index (χ2v) is 5.89. The molecule has 1 aromatic carbocycles. The second kappa shape index (κ2) is 6.05. The van der Waals surface area contributed by atoms with E-state index >= 15 is 0 Å². The first-order valence-corrected chi connectivity index (χ1v) is 6.77. The van der Waals surface area contributed by atoms with Gasteiger partial charge in [0, 0.05) is 17.1 Å². The van der Waals surface area contributed by atoms with Crippen LogP contribution in [-0.4, -0.2) is 20.7 Å². The minimum Gasteiger partial charge on any atom is -0.364 e. The van der Waals surface area contributed by atoms with Crippen LogP contribution in [0, 0.1) is 0 Å². The lowest BCUT2D eigenvalue weighted by atomic mass is 10.1. The molecule has 6 heteroatoms. The fourth-order valence-electron chi connectivity index (χ4n) is 1.60. The summed E-state index contributed by atoms with van der Waals surface area (Å²) in [5.74, 6) is 1.16. The molecule has 20 heavy (non-hydrogen) atoms. The predicted octanol–water partition coefficient (Wildman–Crippen LogP) is 3.35. The molecule has 0 saturated heterocycles. The molecule has 1 heterocycles. The molecule has 0 radical (unpaired) electrons. The molecule has 0 bridgehead atoms. The van der Waals surface area contributed by atoms with Crippen molar-refractivity contribution in [2.24, 2.45) is 0 Å². The van der Waals surface area contributed by atoms with Crippen LogP contribution in [0.1, 0.15) is 26.3 Å². The Morgan fingerprint density at radius 2 is 1.95 bits per heavy atom. The summed E-state index contributed by atoms with van der Waals surface area (Å²) < 4.78 is 0. The van der Waals surface area contributed by atoms with Gasteiger partial charge in [-0.2, -0.15) is 10.1 Å². The maximum Gasteiger partial charge on any atom is 0.245 e. The summed E-state index contributed by atoms with van der Waals surface area (Å²) in [7, 11) is 0. The summed E-state index contributed by atoms with van der Waals surface area (Å²) in [6.07, 6.45) is 1.59. The zero-order valence-corrected chi connectivity index (χ0v) is 12.6. The Bertz CT molecular complexity index is 580. The van der Waals surface area contributed by atoms with E-state index in [0.717, 1.165) is 10.6 Å². The highest BCUT2D eigenvalue weighted by Crippen LogP contribution is 2.16. The SMILES string of the molecule is CC(C)(C)Nc1nncc(NCc2ccccc2Cl)n1. The Balaban J connectivity index is 2.03. The molecule has 1 aromatic heterocycles. The number of nitrogens with zero attached hydrogens (tertiary/aromatic N) is 3. The fraction of sp³-hybridized carbons (Fsp3) is 0.357. The van der Waals surface area contributed by atoms with Gasteiger partial charge in [-0.15, -0.1) is 5.10 Å². The van der Waals surface area contributed by atoms with Gasteiger partial charge < -0.3 is 10.6 Å². The first kappa shape index (κ1) is 14.5. The van der Waals surface area contributed by atoms with Crippen LogP contribution in [0.25, 0.3) is 0 Å². The Kier molecular flexibility index (Phi) is 4.39. The van der Waals surface area contributed by atoms with Gasteiger partial charge in [-0.1, -0.05) is 29.8 Å². The highest BCUT2D eigenvalue weighted by molar-refractivity contribution is 6.31. The molecule has 2 rings (SSSR count). The third kappa shape index (κ3) is 4.35. The van der Waals surface area contributed by atoms with Crippen molar-refractivity contribution in [3.8, 4) is 0 Å². The largest absolute Gasteiger partial charge is 0.364 e. The van der Waals surface area contributed by atoms with Crippen LogP contribution in [0.15, 0.2) is 30.5 Å². The van der Waals surface area contributed by atoms with Gasteiger partial charge in [-0.3, -0.25) is 0 Å². The van der Waals surface area contributed by atoms with Gasteiger partial charge in [0.05, 0.1) is 6.20 Å². The van der Waals surface area contributed by atoms with Gasteiger partial charge in [0.2, 0.25) is 5.95 Å². The van der Waals surface area contributed by atoms with E-state index in [9.17, 15) is 0 Å². The third-order valence-corrected chi connectivity index (χ3v) is 2.83. The van der Waals surface area contributed by atoms with E-state index in [1.165, 1.54) is 0 Å². The van der Waals surface area contributed by atoms with Gasteiger partial charge in [-0.05, 0) is 32.4 Å². The summed E-state index contributed by atoms with van der Waals surface area (Å²) in [5.41, 5.74) is 0.904. The zero-order valence-electron chi connectivity index (χ0n) is 11.8. The van der Waals surface area contributed by atoms with Gasteiger partial charge in [0.1, 0.15) is 0 Å². The van der Waals surface area contributed by atoms with Crippen LogP contribution in [-0.2, 0) is 6.54 Å². The minimum atomic E-state index is -0.108. The predicted molar refractivity (Wildman–Crippen MR) is 82.0 cm³/mol. The minimum absolute atomic E-state index is 0.108. The Hall–Kier alpha value is -1.88. The molecular formula is C14H18ClN5. The van der Waals surface area contributed by atoms with E-state index in [2.05, 4.69) is 25.8 Å². The molecule has 0 atom stereocenters. The molecule has 2 aromatic rings. The summed E-state index contributed by atoms with van der Waals surface area (Å²) in [6, 6.07) is 7.69. The average Bonchev–Trinajstić information content (AvgIpc) is 2.36. The lowest BCUT2D eigenvalue weighted by molar-refractivity contribution is 0.623.